The first-order valence-corrected chi connectivity index (χ1v) is 12.7. The van der Waals surface area contributed by atoms with Gasteiger partial charge >= 0.3 is 0 Å². The number of benzene rings is 1. The Labute approximate surface area is 197 Å². The number of hydrogen-bond acceptors (Lipinski definition) is 4. The molecule has 0 aromatic heterocycles. The summed E-state index contributed by atoms with van der Waals surface area (Å²) >= 11 is 0. The van der Waals surface area contributed by atoms with Crippen LogP contribution in [0.4, 0.5) is 14.5 Å². The zero-order chi connectivity index (χ0) is 23.4. The summed E-state index contributed by atoms with van der Waals surface area (Å²) in [7, 11) is 0. The first-order chi connectivity index (χ1) is 15.8. The van der Waals surface area contributed by atoms with Crippen LogP contribution in [-0.2, 0) is 4.79 Å². The van der Waals surface area contributed by atoms with Gasteiger partial charge in [-0.25, -0.2) is 8.78 Å². The molecular weight excluding hydrogens is 424 g/mol. The first-order valence-electron chi connectivity index (χ1n) is 12.7. The van der Waals surface area contributed by atoms with Crippen molar-refractivity contribution in [3.05, 3.63) is 24.3 Å². The minimum atomic E-state index is -2.54. The minimum Gasteiger partial charge on any atom is -0.494 e. The maximum Gasteiger partial charge on any atom is 0.250 e. The highest BCUT2D eigenvalue weighted by molar-refractivity contribution is 5.96. The molecule has 184 valence electrons. The van der Waals surface area contributed by atoms with Gasteiger partial charge in [0.05, 0.1) is 12.6 Å². The lowest BCUT2D eigenvalue weighted by Gasteiger charge is -2.39. The Morgan fingerprint density at radius 2 is 1.70 bits per heavy atom. The van der Waals surface area contributed by atoms with Gasteiger partial charge in [-0.05, 0) is 63.8 Å². The van der Waals surface area contributed by atoms with E-state index in [0.717, 1.165) is 30.8 Å². The second-order valence-corrected chi connectivity index (χ2v) is 10.2. The van der Waals surface area contributed by atoms with Crippen molar-refractivity contribution in [2.24, 2.45) is 0 Å². The van der Waals surface area contributed by atoms with E-state index >= 15 is 0 Å². The number of likely N-dealkylation sites (tertiary alicyclic amines) is 2. The van der Waals surface area contributed by atoms with E-state index in [4.69, 9.17) is 4.74 Å². The van der Waals surface area contributed by atoms with Crippen molar-refractivity contribution >= 4 is 11.6 Å². The lowest BCUT2D eigenvalue weighted by atomic mass is 9.97. The Balaban J connectivity index is 1.26. The lowest BCUT2D eigenvalue weighted by Crippen LogP contribution is -2.46. The summed E-state index contributed by atoms with van der Waals surface area (Å²) in [5.74, 6) is -1.61. The summed E-state index contributed by atoms with van der Waals surface area (Å²) in [6.07, 6.45) is 6.01. The van der Waals surface area contributed by atoms with Crippen LogP contribution >= 0.6 is 0 Å². The van der Waals surface area contributed by atoms with E-state index < -0.39 is 5.92 Å². The summed E-state index contributed by atoms with van der Waals surface area (Å²) in [6, 6.07) is 9.12. The highest BCUT2D eigenvalue weighted by Crippen LogP contribution is 2.32. The number of amides is 1. The fourth-order valence-corrected chi connectivity index (χ4v) is 5.69. The fraction of sp³-hybridized carbons (Fsp3) is 0.731. The number of hydrogen-bond donors (Lipinski definition) is 0. The van der Waals surface area contributed by atoms with Gasteiger partial charge in [0.25, 0.3) is 5.92 Å². The number of nitrogens with zero attached hydrogens (tertiary/aromatic N) is 3. The van der Waals surface area contributed by atoms with E-state index in [1.165, 1.54) is 19.3 Å². The summed E-state index contributed by atoms with van der Waals surface area (Å²) in [4.78, 5) is 19.1. The van der Waals surface area contributed by atoms with Crippen molar-refractivity contribution in [3.8, 4) is 5.75 Å². The number of piperidine rings is 2. The van der Waals surface area contributed by atoms with E-state index in [-0.39, 0.29) is 24.8 Å². The highest BCUT2D eigenvalue weighted by Gasteiger charge is 2.38. The largest absolute Gasteiger partial charge is 0.494 e. The molecule has 0 aliphatic carbocycles. The van der Waals surface area contributed by atoms with Crippen LogP contribution < -0.4 is 9.64 Å². The van der Waals surface area contributed by atoms with E-state index in [1.807, 2.05) is 29.2 Å². The number of alkyl halides is 2. The maximum atomic E-state index is 13.5. The third-order valence-electron chi connectivity index (χ3n) is 7.70. The Kier molecular flexibility index (Phi) is 7.90. The minimum absolute atomic E-state index is 0.0458. The van der Waals surface area contributed by atoms with Crippen molar-refractivity contribution in [1.29, 1.82) is 0 Å². The standard InChI is InChI=1S/C26H39F2N3O2/c1-20-5-3-6-21(2)30(20)15-4-18-33-24-10-7-22(8-11-24)31-23(9-12-25(31)32)19-29-16-13-26(27,28)14-17-29/h7-8,10-11,20-21,23H,3-6,9,12-19H2,1-2H3. The molecule has 3 unspecified atom stereocenters. The average molecular weight is 464 g/mol. The molecule has 0 radical (unpaired) electrons. The number of halogens is 2. The number of carbonyl (C=O) groups is 1. The predicted octanol–water partition coefficient (Wildman–Crippen LogP) is 4.94. The summed E-state index contributed by atoms with van der Waals surface area (Å²) in [5, 5.41) is 0. The molecular formula is C26H39F2N3O2. The molecule has 3 saturated heterocycles. The fourth-order valence-electron chi connectivity index (χ4n) is 5.69. The third-order valence-corrected chi connectivity index (χ3v) is 7.70. The van der Waals surface area contributed by atoms with Crippen molar-refractivity contribution in [1.82, 2.24) is 9.80 Å². The summed E-state index contributed by atoms with van der Waals surface area (Å²) < 4.78 is 32.9. The van der Waals surface area contributed by atoms with Gasteiger partial charge in [0.1, 0.15) is 5.75 Å². The molecule has 1 aromatic carbocycles. The Morgan fingerprint density at radius 1 is 1.03 bits per heavy atom. The molecule has 0 N–H and O–H groups in total. The quantitative estimate of drug-likeness (QED) is 0.512. The second-order valence-electron chi connectivity index (χ2n) is 10.2. The number of carbonyl (C=O) groups excluding carboxylic acids is 1. The molecule has 3 aliphatic heterocycles. The number of ether oxygens (including phenoxy) is 1. The second kappa shape index (κ2) is 10.7. The zero-order valence-electron chi connectivity index (χ0n) is 20.1. The molecule has 0 spiro atoms. The summed E-state index contributed by atoms with van der Waals surface area (Å²) in [6.45, 7) is 7.84. The van der Waals surface area contributed by atoms with Gasteiger partial charge in [0.2, 0.25) is 5.91 Å². The topological polar surface area (TPSA) is 36.0 Å². The van der Waals surface area contributed by atoms with Crippen molar-refractivity contribution in [3.63, 3.8) is 0 Å². The van der Waals surface area contributed by atoms with E-state index in [1.54, 1.807) is 0 Å². The predicted molar refractivity (Wildman–Crippen MR) is 127 cm³/mol. The van der Waals surface area contributed by atoms with Crippen molar-refractivity contribution in [2.75, 3.05) is 37.7 Å². The van der Waals surface area contributed by atoms with Crippen LogP contribution in [0, 0.1) is 0 Å². The first kappa shape index (κ1) is 24.4. The normalized spacial score (nSPS) is 28.9. The van der Waals surface area contributed by atoms with Crippen molar-refractivity contribution in [2.45, 2.75) is 89.3 Å². The average Bonchev–Trinajstić information content (AvgIpc) is 3.15. The lowest BCUT2D eigenvalue weighted by molar-refractivity contribution is -0.117. The van der Waals surface area contributed by atoms with Crippen LogP contribution in [0.15, 0.2) is 24.3 Å². The van der Waals surface area contributed by atoms with Gasteiger partial charge in [-0.2, -0.15) is 0 Å². The van der Waals surface area contributed by atoms with Gasteiger partial charge in [0.15, 0.2) is 0 Å². The van der Waals surface area contributed by atoms with Gasteiger partial charge in [0, 0.05) is 63.2 Å². The molecule has 0 bridgehead atoms. The van der Waals surface area contributed by atoms with Crippen LogP contribution in [-0.4, -0.2) is 72.5 Å². The molecule has 5 nitrogen and oxygen atoms in total. The van der Waals surface area contributed by atoms with E-state index in [0.29, 0.717) is 44.7 Å². The Morgan fingerprint density at radius 3 is 2.36 bits per heavy atom. The van der Waals surface area contributed by atoms with Crippen LogP contribution in [0.1, 0.15) is 65.2 Å². The van der Waals surface area contributed by atoms with E-state index in [9.17, 15) is 13.6 Å². The van der Waals surface area contributed by atoms with Crippen LogP contribution in [0.3, 0.4) is 0 Å². The third kappa shape index (κ3) is 6.24. The van der Waals surface area contributed by atoms with Gasteiger partial charge in [-0.3, -0.25) is 9.69 Å². The van der Waals surface area contributed by atoms with Gasteiger partial charge in [-0.15, -0.1) is 0 Å². The summed E-state index contributed by atoms with van der Waals surface area (Å²) in [5.41, 5.74) is 0.869. The SMILES string of the molecule is CC1CCCC(C)N1CCCOc1ccc(N2C(=O)CCC2CN2CCC(F)(F)CC2)cc1. The molecule has 7 heteroatoms. The number of anilines is 1. The molecule has 1 amide bonds. The molecule has 3 heterocycles. The monoisotopic (exact) mass is 463 g/mol. The molecule has 0 saturated carbocycles. The smallest absolute Gasteiger partial charge is 0.250 e. The molecule has 3 aliphatic rings. The van der Waals surface area contributed by atoms with Gasteiger partial charge in [-0.1, -0.05) is 6.42 Å². The van der Waals surface area contributed by atoms with E-state index in [2.05, 4.69) is 23.6 Å². The maximum absolute atomic E-state index is 13.5. The Bertz CT molecular complexity index is 768. The molecule has 3 fully saturated rings. The van der Waals surface area contributed by atoms with Crippen LogP contribution in [0.5, 0.6) is 5.75 Å². The molecule has 1 aromatic rings. The number of rotatable bonds is 8. The Hall–Kier alpha value is -1.73. The molecule has 3 atom stereocenters. The van der Waals surface area contributed by atoms with Gasteiger partial charge < -0.3 is 14.5 Å². The highest BCUT2D eigenvalue weighted by atomic mass is 19.3. The molecule has 4 rings (SSSR count). The molecule has 33 heavy (non-hydrogen) atoms. The van der Waals surface area contributed by atoms with Crippen molar-refractivity contribution < 1.29 is 18.3 Å². The van der Waals surface area contributed by atoms with Crippen LogP contribution in [0.25, 0.3) is 0 Å². The van der Waals surface area contributed by atoms with Crippen LogP contribution in [0.2, 0.25) is 0 Å². The zero-order valence-corrected chi connectivity index (χ0v) is 20.1.